The van der Waals surface area contributed by atoms with Gasteiger partial charge in [0.25, 0.3) is 5.16 Å². The van der Waals surface area contributed by atoms with E-state index in [1.54, 1.807) is 6.92 Å². The number of urea groups is 1. The Balaban J connectivity index is 1.53. The predicted molar refractivity (Wildman–Crippen MR) is 102 cm³/mol. The average Bonchev–Trinajstić information content (AvgIpc) is 3.32. The van der Waals surface area contributed by atoms with Crippen LogP contribution in [0.25, 0.3) is 0 Å². The summed E-state index contributed by atoms with van der Waals surface area (Å²) in [6.07, 6.45) is 6.33. The van der Waals surface area contributed by atoms with Crippen molar-refractivity contribution in [3.8, 4) is 0 Å². The summed E-state index contributed by atoms with van der Waals surface area (Å²) in [5.74, 6) is 0. The standard InChI is InChI=1S/C18H23N5O4S/c1-11(24)9-23-10-19-18(21-23)28(26,27)22-17(25)20-16-14-6-2-4-12(14)8-13-5-3-7-15(13)16/h8,10-11,24H,2-7,9H2,1H3,(H2,20,22,25)/t11-/m1/s1. The Hall–Kier alpha value is -2.46. The van der Waals surface area contributed by atoms with E-state index in [1.807, 2.05) is 4.72 Å². The van der Waals surface area contributed by atoms with E-state index in [0.717, 1.165) is 55.3 Å². The Labute approximate surface area is 163 Å². The minimum atomic E-state index is -4.21. The van der Waals surface area contributed by atoms with Crippen LogP contribution >= 0.6 is 0 Å². The van der Waals surface area contributed by atoms with Gasteiger partial charge in [-0.25, -0.2) is 19.2 Å². The number of rotatable bonds is 5. The Kier molecular flexibility index (Phi) is 4.84. The Morgan fingerprint density at radius 1 is 1.21 bits per heavy atom. The molecule has 0 bridgehead atoms. The molecule has 0 saturated heterocycles. The number of sulfonamides is 1. The number of benzene rings is 1. The number of aryl methyl sites for hydroxylation is 2. The molecule has 2 amide bonds. The summed E-state index contributed by atoms with van der Waals surface area (Å²) in [5, 5.41) is 15.4. The Morgan fingerprint density at radius 3 is 2.46 bits per heavy atom. The lowest BCUT2D eigenvalue weighted by molar-refractivity contribution is 0.168. The third kappa shape index (κ3) is 3.61. The van der Waals surface area contributed by atoms with Crippen molar-refractivity contribution in [3.05, 3.63) is 34.6 Å². The Bertz CT molecular complexity index is 997. The number of carbonyl (C=O) groups excluding carboxylic acids is 1. The van der Waals surface area contributed by atoms with E-state index in [-0.39, 0.29) is 6.54 Å². The molecule has 1 atom stereocenters. The molecule has 0 spiro atoms. The highest BCUT2D eigenvalue weighted by atomic mass is 32.2. The quantitative estimate of drug-likeness (QED) is 0.685. The van der Waals surface area contributed by atoms with Gasteiger partial charge < -0.3 is 10.4 Å². The number of aliphatic hydroxyl groups excluding tert-OH is 1. The highest BCUT2D eigenvalue weighted by Crippen LogP contribution is 2.38. The lowest BCUT2D eigenvalue weighted by Gasteiger charge is -2.16. The first-order valence-electron chi connectivity index (χ1n) is 9.41. The molecule has 1 aromatic carbocycles. The van der Waals surface area contributed by atoms with Gasteiger partial charge in [0.1, 0.15) is 6.33 Å². The highest BCUT2D eigenvalue weighted by molar-refractivity contribution is 7.89. The van der Waals surface area contributed by atoms with Crippen LogP contribution in [0.4, 0.5) is 10.5 Å². The van der Waals surface area contributed by atoms with Crippen LogP contribution in [0.5, 0.6) is 0 Å². The molecule has 3 N–H and O–H groups in total. The molecule has 150 valence electrons. The van der Waals surface area contributed by atoms with Gasteiger partial charge in [-0.2, -0.15) is 8.42 Å². The zero-order valence-corrected chi connectivity index (χ0v) is 16.4. The van der Waals surface area contributed by atoms with Crippen LogP contribution in [-0.2, 0) is 42.3 Å². The number of nitrogens with one attached hydrogen (secondary N) is 2. The summed E-state index contributed by atoms with van der Waals surface area (Å²) in [4.78, 5) is 16.2. The van der Waals surface area contributed by atoms with Gasteiger partial charge in [-0.1, -0.05) is 6.07 Å². The fourth-order valence-corrected chi connectivity index (χ4v) is 4.82. The van der Waals surface area contributed by atoms with Crippen LogP contribution in [0.3, 0.4) is 0 Å². The highest BCUT2D eigenvalue weighted by Gasteiger charge is 2.27. The minimum Gasteiger partial charge on any atom is -0.391 e. The fraction of sp³-hybridized carbons (Fsp3) is 0.500. The topological polar surface area (TPSA) is 126 Å². The molecule has 9 nitrogen and oxygen atoms in total. The molecular weight excluding hydrogens is 382 g/mol. The summed E-state index contributed by atoms with van der Waals surface area (Å²) < 4.78 is 28.1. The van der Waals surface area contributed by atoms with Crippen molar-refractivity contribution in [2.45, 2.75) is 63.3 Å². The molecular formula is C18H23N5O4S. The number of aliphatic hydroxyl groups is 1. The molecule has 0 fully saturated rings. The summed E-state index contributed by atoms with van der Waals surface area (Å²) in [7, 11) is -4.21. The maximum absolute atomic E-state index is 12.5. The van der Waals surface area contributed by atoms with Gasteiger partial charge in [-0.05, 0) is 67.7 Å². The van der Waals surface area contributed by atoms with Crippen molar-refractivity contribution in [2.75, 3.05) is 5.32 Å². The van der Waals surface area contributed by atoms with Crippen LogP contribution in [0.15, 0.2) is 17.6 Å². The molecule has 4 rings (SSSR count). The summed E-state index contributed by atoms with van der Waals surface area (Å²) >= 11 is 0. The van der Waals surface area contributed by atoms with Crippen molar-refractivity contribution < 1.29 is 18.3 Å². The van der Waals surface area contributed by atoms with Crippen LogP contribution in [0.2, 0.25) is 0 Å². The van der Waals surface area contributed by atoms with Gasteiger partial charge in [0.15, 0.2) is 0 Å². The van der Waals surface area contributed by atoms with Gasteiger partial charge >= 0.3 is 16.1 Å². The smallest absolute Gasteiger partial charge is 0.333 e. The molecule has 0 radical (unpaired) electrons. The van der Waals surface area contributed by atoms with Crippen molar-refractivity contribution in [3.63, 3.8) is 0 Å². The molecule has 2 aromatic rings. The zero-order valence-electron chi connectivity index (χ0n) is 15.6. The number of hydrogen-bond donors (Lipinski definition) is 3. The van der Waals surface area contributed by atoms with Gasteiger partial charge in [0.05, 0.1) is 12.6 Å². The number of carbonyl (C=O) groups is 1. The van der Waals surface area contributed by atoms with Crippen LogP contribution < -0.4 is 10.0 Å². The van der Waals surface area contributed by atoms with Crippen molar-refractivity contribution in [2.24, 2.45) is 0 Å². The van der Waals surface area contributed by atoms with E-state index in [9.17, 15) is 18.3 Å². The number of amides is 2. The number of fused-ring (bicyclic) bond motifs is 2. The SMILES string of the molecule is C[C@@H](O)Cn1cnc(S(=O)(=O)NC(=O)Nc2c3c(cc4c2CCC4)CCC3)n1. The largest absolute Gasteiger partial charge is 0.391 e. The minimum absolute atomic E-state index is 0.108. The number of nitrogens with zero attached hydrogens (tertiary/aromatic N) is 3. The second-order valence-electron chi connectivity index (χ2n) is 7.39. The van der Waals surface area contributed by atoms with Crippen LogP contribution in [0.1, 0.15) is 42.0 Å². The van der Waals surface area contributed by atoms with Crippen molar-refractivity contribution in [1.82, 2.24) is 19.5 Å². The number of aromatic nitrogens is 3. The van der Waals surface area contributed by atoms with Gasteiger partial charge in [-0.3, -0.25) is 0 Å². The van der Waals surface area contributed by atoms with Gasteiger partial charge in [0, 0.05) is 5.69 Å². The lowest BCUT2D eigenvalue weighted by atomic mass is 9.99. The van der Waals surface area contributed by atoms with Gasteiger partial charge in [0.2, 0.25) is 0 Å². The zero-order chi connectivity index (χ0) is 19.9. The molecule has 0 saturated carbocycles. The normalized spacial score (nSPS) is 16.5. The molecule has 2 aliphatic rings. The lowest BCUT2D eigenvalue weighted by Crippen LogP contribution is -2.35. The van der Waals surface area contributed by atoms with Crippen LogP contribution in [0, 0.1) is 0 Å². The van der Waals surface area contributed by atoms with E-state index in [4.69, 9.17) is 0 Å². The third-order valence-electron chi connectivity index (χ3n) is 5.15. The van der Waals surface area contributed by atoms with E-state index < -0.39 is 27.3 Å². The molecule has 10 heteroatoms. The number of hydrogen-bond acceptors (Lipinski definition) is 6. The molecule has 2 aliphatic carbocycles. The van der Waals surface area contributed by atoms with E-state index >= 15 is 0 Å². The second-order valence-corrected chi connectivity index (χ2v) is 8.97. The van der Waals surface area contributed by atoms with E-state index in [1.165, 1.54) is 22.1 Å². The van der Waals surface area contributed by atoms with E-state index in [0.29, 0.717) is 0 Å². The first-order valence-corrected chi connectivity index (χ1v) is 10.9. The van der Waals surface area contributed by atoms with Crippen molar-refractivity contribution in [1.29, 1.82) is 0 Å². The fourth-order valence-electron chi connectivity index (χ4n) is 4.03. The maximum Gasteiger partial charge on any atom is 0.333 e. The van der Waals surface area contributed by atoms with Gasteiger partial charge in [-0.15, -0.1) is 5.10 Å². The second kappa shape index (κ2) is 7.17. The first-order chi connectivity index (χ1) is 13.3. The third-order valence-corrected chi connectivity index (χ3v) is 6.27. The summed E-state index contributed by atoms with van der Waals surface area (Å²) in [6.45, 7) is 1.66. The number of anilines is 1. The predicted octanol–water partition coefficient (Wildman–Crippen LogP) is 1.15. The first kappa shape index (κ1) is 18.9. The monoisotopic (exact) mass is 405 g/mol. The molecule has 28 heavy (non-hydrogen) atoms. The summed E-state index contributed by atoms with van der Waals surface area (Å²) in [6, 6.07) is 1.42. The molecule has 0 unspecified atom stereocenters. The molecule has 0 aliphatic heterocycles. The molecule has 1 aromatic heterocycles. The van der Waals surface area contributed by atoms with Crippen molar-refractivity contribution >= 4 is 21.7 Å². The maximum atomic E-state index is 12.5. The average molecular weight is 405 g/mol. The summed E-state index contributed by atoms with van der Waals surface area (Å²) in [5.41, 5.74) is 5.50. The Morgan fingerprint density at radius 2 is 1.86 bits per heavy atom. The van der Waals surface area contributed by atoms with Crippen LogP contribution in [-0.4, -0.2) is 40.4 Å². The molecule has 1 heterocycles. The van der Waals surface area contributed by atoms with E-state index in [2.05, 4.69) is 21.5 Å².